The summed E-state index contributed by atoms with van der Waals surface area (Å²) in [6.07, 6.45) is 1.82. The van der Waals surface area contributed by atoms with Crippen molar-refractivity contribution in [2.75, 3.05) is 0 Å². The van der Waals surface area contributed by atoms with E-state index in [1.54, 1.807) is 0 Å². The van der Waals surface area contributed by atoms with Gasteiger partial charge in [0.25, 0.3) is 0 Å². The lowest BCUT2D eigenvalue weighted by atomic mass is 10.1. The van der Waals surface area contributed by atoms with E-state index in [4.69, 9.17) is 5.73 Å². The molecule has 3 heteroatoms. The quantitative estimate of drug-likeness (QED) is 0.858. The Morgan fingerprint density at radius 2 is 2.00 bits per heavy atom. The molecule has 1 aromatic heterocycles. The van der Waals surface area contributed by atoms with Gasteiger partial charge in [0.1, 0.15) is 0 Å². The second-order valence-corrected chi connectivity index (χ2v) is 4.39. The van der Waals surface area contributed by atoms with Gasteiger partial charge < -0.3 is 5.73 Å². The first-order chi connectivity index (χ1) is 8.08. The van der Waals surface area contributed by atoms with Crippen molar-refractivity contribution in [2.24, 2.45) is 5.73 Å². The fourth-order valence-corrected chi connectivity index (χ4v) is 1.85. The third-order valence-corrected chi connectivity index (χ3v) is 2.78. The SMILES string of the molecule is Cc1cccc(-c2ncc(C(C)N)c(C)n2)c1. The standard InChI is InChI=1S/C14H17N3/c1-9-5-4-6-12(7-9)14-16-8-13(10(2)15)11(3)17-14/h4-8,10H,15H2,1-3H3. The third kappa shape index (κ3) is 2.50. The summed E-state index contributed by atoms with van der Waals surface area (Å²) in [7, 11) is 0. The molecule has 1 atom stereocenters. The summed E-state index contributed by atoms with van der Waals surface area (Å²) in [5, 5.41) is 0. The van der Waals surface area contributed by atoms with Crippen LogP contribution in [0.25, 0.3) is 11.4 Å². The molecule has 1 aromatic carbocycles. The molecule has 88 valence electrons. The second-order valence-electron chi connectivity index (χ2n) is 4.39. The molecule has 2 N–H and O–H groups in total. The summed E-state index contributed by atoms with van der Waals surface area (Å²) < 4.78 is 0. The van der Waals surface area contributed by atoms with Crippen LogP contribution < -0.4 is 5.73 Å². The van der Waals surface area contributed by atoms with Gasteiger partial charge in [0.05, 0.1) is 0 Å². The van der Waals surface area contributed by atoms with E-state index in [0.29, 0.717) is 0 Å². The normalized spacial score (nSPS) is 12.5. The molecule has 3 nitrogen and oxygen atoms in total. The first-order valence-electron chi connectivity index (χ1n) is 5.74. The number of hydrogen-bond donors (Lipinski definition) is 1. The third-order valence-electron chi connectivity index (χ3n) is 2.78. The van der Waals surface area contributed by atoms with Crippen molar-refractivity contribution < 1.29 is 0 Å². The largest absolute Gasteiger partial charge is 0.324 e. The minimum atomic E-state index is -0.0263. The molecule has 1 heterocycles. The molecule has 0 saturated heterocycles. The van der Waals surface area contributed by atoms with Gasteiger partial charge in [-0.25, -0.2) is 9.97 Å². The first-order valence-corrected chi connectivity index (χ1v) is 5.74. The molecule has 2 rings (SSSR count). The van der Waals surface area contributed by atoms with Gasteiger partial charge in [-0.15, -0.1) is 0 Å². The smallest absolute Gasteiger partial charge is 0.159 e. The molecular weight excluding hydrogens is 210 g/mol. The van der Waals surface area contributed by atoms with Crippen molar-refractivity contribution in [1.82, 2.24) is 9.97 Å². The second kappa shape index (κ2) is 4.63. The molecule has 0 aliphatic rings. The van der Waals surface area contributed by atoms with Crippen LogP contribution in [-0.2, 0) is 0 Å². The lowest BCUT2D eigenvalue weighted by molar-refractivity contribution is 0.790. The van der Waals surface area contributed by atoms with Gasteiger partial charge in [0.2, 0.25) is 0 Å². The number of aryl methyl sites for hydroxylation is 2. The molecule has 0 aliphatic heterocycles. The zero-order chi connectivity index (χ0) is 12.4. The fraction of sp³-hybridized carbons (Fsp3) is 0.286. The summed E-state index contributed by atoms with van der Waals surface area (Å²) in [6.45, 7) is 5.98. The van der Waals surface area contributed by atoms with Crippen molar-refractivity contribution in [1.29, 1.82) is 0 Å². The lowest BCUT2D eigenvalue weighted by Crippen LogP contribution is -2.09. The Kier molecular flexibility index (Phi) is 3.20. The Bertz CT molecular complexity index is 533. The summed E-state index contributed by atoms with van der Waals surface area (Å²) in [5.41, 5.74) is 10.1. The lowest BCUT2D eigenvalue weighted by Gasteiger charge is -2.09. The van der Waals surface area contributed by atoms with E-state index in [9.17, 15) is 0 Å². The maximum Gasteiger partial charge on any atom is 0.159 e. The van der Waals surface area contributed by atoms with E-state index in [1.165, 1.54) is 5.56 Å². The van der Waals surface area contributed by atoms with Gasteiger partial charge in [-0.05, 0) is 26.8 Å². The molecule has 0 aliphatic carbocycles. The maximum absolute atomic E-state index is 5.85. The summed E-state index contributed by atoms with van der Waals surface area (Å²) >= 11 is 0. The first kappa shape index (κ1) is 11.7. The average Bonchev–Trinajstić information content (AvgIpc) is 2.28. The number of nitrogens with two attached hydrogens (primary N) is 1. The van der Waals surface area contributed by atoms with Crippen LogP contribution in [0.3, 0.4) is 0 Å². The Balaban J connectivity index is 2.44. The van der Waals surface area contributed by atoms with Crippen LogP contribution in [0.4, 0.5) is 0 Å². The van der Waals surface area contributed by atoms with Crippen LogP contribution in [0.2, 0.25) is 0 Å². The fourth-order valence-electron chi connectivity index (χ4n) is 1.85. The highest BCUT2D eigenvalue weighted by Gasteiger charge is 2.08. The van der Waals surface area contributed by atoms with E-state index in [0.717, 1.165) is 22.6 Å². The topological polar surface area (TPSA) is 51.8 Å². The highest BCUT2D eigenvalue weighted by Crippen LogP contribution is 2.19. The zero-order valence-corrected chi connectivity index (χ0v) is 10.4. The number of hydrogen-bond acceptors (Lipinski definition) is 3. The van der Waals surface area contributed by atoms with Crippen molar-refractivity contribution in [2.45, 2.75) is 26.8 Å². The van der Waals surface area contributed by atoms with Crippen molar-refractivity contribution >= 4 is 0 Å². The van der Waals surface area contributed by atoms with Crippen molar-refractivity contribution in [3.63, 3.8) is 0 Å². The maximum atomic E-state index is 5.85. The summed E-state index contributed by atoms with van der Waals surface area (Å²) in [6, 6.07) is 8.16. The Morgan fingerprint density at radius 3 is 2.59 bits per heavy atom. The monoisotopic (exact) mass is 227 g/mol. The van der Waals surface area contributed by atoms with Gasteiger partial charge in [0, 0.05) is 29.1 Å². The summed E-state index contributed by atoms with van der Waals surface area (Å²) in [4.78, 5) is 8.90. The van der Waals surface area contributed by atoms with Gasteiger partial charge in [0.15, 0.2) is 5.82 Å². The van der Waals surface area contributed by atoms with E-state index in [1.807, 2.05) is 32.2 Å². The van der Waals surface area contributed by atoms with Crippen LogP contribution in [0.1, 0.15) is 29.8 Å². The predicted molar refractivity (Wildman–Crippen MR) is 69.5 cm³/mol. The van der Waals surface area contributed by atoms with E-state index in [-0.39, 0.29) is 6.04 Å². The minimum absolute atomic E-state index is 0.0263. The van der Waals surface area contributed by atoms with Crippen LogP contribution in [0, 0.1) is 13.8 Å². The van der Waals surface area contributed by atoms with Crippen molar-refractivity contribution in [3.05, 3.63) is 47.3 Å². The molecule has 0 saturated carbocycles. The number of benzene rings is 1. The molecule has 1 unspecified atom stereocenters. The molecule has 0 radical (unpaired) electrons. The van der Waals surface area contributed by atoms with E-state index < -0.39 is 0 Å². The number of rotatable bonds is 2. The van der Waals surface area contributed by atoms with Gasteiger partial charge in [-0.1, -0.05) is 23.8 Å². The number of nitrogens with zero attached hydrogens (tertiary/aromatic N) is 2. The minimum Gasteiger partial charge on any atom is -0.324 e. The zero-order valence-electron chi connectivity index (χ0n) is 10.4. The molecule has 2 aromatic rings. The molecular formula is C14H17N3. The highest BCUT2D eigenvalue weighted by atomic mass is 14.9. The highest BCUT2D eigenvalue weighted by molar-refractivity contribution is 5.56. The Hall–Kier alpha value is -1.74. The van der Waals surface area contributed by atoms with Crippen LogP contribution in [-0.4, -0.2) is 9.97 Å². The van der Waals surface area contributed by atoms with Crippen LogP contribution >= 0.6 is 0 Å². The van der Waals surface area contributed by atoms with E-state index in [2.05, 4.69) is 29.0 Å². The van der Waals surface area contributed by atoms with Crippen molar-refractivity contribution in [3.8, 4) is 11.4 Å². The van der Waals surface area contributed by atoms with Gasteiger partial charge >= 0.3 is 0 Å². The van der Waals surface area contributed by atoms with Gasteiger partial charge in [-0.2, -0.15) is 0 Å². The Labute approximate surface area is 102 Å². The van der Waals surface area contributed by atoms with E-state index >= 15 is 0 Å². The predicted octanol–water partition coefficient (Wildman–Crippen LogP) is 2.78. The Morgan fingerprint density at radius 1 is 1.24 bits per heavy atom. The molecule has 0 amide bonds. The van der Waals surface area contributed by atoms with Crippen LogP contribution in [0.15, 0.2) is 30.5 Å². The molecule has 0 spiro atoms. The molecule has 0 fully saturated rings. The van der Waals surface area contributed by atoms with Crippen LogP contribution in [0.5, 0.6) is 0 Å². The molecule has 0 bridgehead atoms. The molecule has 17 heavy (non-hydrogen) atoms. The number of aromatic nitrogens is 2. The average molecular weight is 227 g/mol. The summed E-state index contributed by atoms with van der Waals surface area (Å²) in [5.74, 6) is 0.760. The van der Waals surface area contributed by atoms with Gasteiger partial charge in [-0.3, -0.25) is 0 Å².